The highest BCUT2D eigenvalue weighted by Crippen LogP contribution is 2.29. The maximum atomic E-state index is 12.3. The summed E-state index contributed by atoms with van der Waals surface area (Å²) in [7, 11) is 0. The summed E-state index contributed by atoms with van der Waals surface area (Å²) in [5.41, 5.74) is 4.07. The first-order valence-electron chi connectivity index (χ1n) is 8.70. The summed E-state index contributed by atoms with van der Waals surface area (Å²) in [5.74, 6) is -0.248. The average molecular weight is 459 g/mol. The van der Waals surface area contributed by atoms with Crippen LogP contribution in [0.2, 0.25) is 0 Å². The van der Waals surface area contributed by atoms with Gasteiger partial charge in [-0.2, -0.15) is 0 Å². The van der Waals surface area contributed by atoms with E-state index in [4.69, 9.17) is 47.0 Å². The highest BCUT2D eigenvalue weighted by Gasteiger charge is 2.34. The molecule has 0 aliphatic carbocycles. The zero-order valence-corrected chi connectivity index (χ0v) is 18.6. The molecule has 0 heterocycles. The van der Waals surface area contributed by atoms with Crippen LogP contribution in [0.25, 0.3) is 0 Å². The summed E-state index contributed by atoms with van der Waals surface area (Å²) >= 11 is 23.4. The Labute approximate surface area is 185 Å². The van der Waals surface area contributed by atoms with E-state index in [0.717, 1.165) is 22.4 Å². The summed E-state index contributed by atoms with van der Waals surface area (Å²) in [4.78, 5) is 12.3. The van der Waals surface area contributed by atoms with Crippen molar-refractivity contribution in [1.82, 2.24) is 10.6 Å². The van der Waals surface area contributed by atoms with Crippen molar-refractivity contribution in [3.8, 4) is 0 Å². The van der Waals surface area contributed by atoms with Gasteiger partial charge in [0.2, 0.25) is 9.70 Å². The number of nitrogens with one attached hydrogen (secondary N) is 3. The molecular formula is C20H22Cl3N3OS. The van der Waals surface area contributed by atoms with E-state index >= 15 is 0 Å². The Hall–Kier alpha value is -1.53. The molecule has 0 aliphatic rings. The van der Waals surface area contributed by atoms with Crippen LogP contribution in [-0.2, 0) is 11.2 Å². The summed E-state index contributed by atoms with van der Waals surface area (Å²) in [6.07, 6.45) is -0.128. The molecule has 28 heavy (non-hydrogen) atoms. The van der Waals surface area contributed by atoms with E-state index in [2.05, 4.69) is 16.0 Å². The number of rotatable bonds is 6. The minimum atomic E-state index is -1.78. The van der Waals surface area contributed by atoms with Crippen LogP contribution < -0.4 is 16.0 Å². The monoisotopic (exact) mass is 457 g/mol. The van der Waals surface area contributed by atoms with Gasteiger partial charge in [0.25, 0.3) is 0 Å². The fourth-order valence-electron chi connectivity index (χ4n) is 2.58. The van der Waals surface area contributed by atoms with E-state index in [1.807, 2.05) is 62.4 Å². The molecule has 2 aromatic rings. The van der Waals surface area contributed by atoms with Gasteiger partial charge >= 0.3 is 0 Å². The largest absolute Gasteiger partial charge is 0.339 e. The lowest BCUT2D eigenvalue weighted by Crippen LogP contribution is -2.56. The van der Waals surface area contributed by atoms with Crippen molar-refractivity contribution in [2.45, 2.75) is 36.6 Å². The van der Waals surface area contributed by atoms with E-state index in [-0.39, 0.29) is 17.4 Å². The Morgan fingerprint density at radius 3 is 2.36 bits per heavy atom. The zero-order chi connectivity index (χ0) is 20.7. The highest BCUT2D eigenvalue weighted by molar-refractivity contribution is 7.80. The number of benzene rings is 2. The van der Waals surface area contributed by atoms with E-state index in [1.165, 1.54) is 0 Å². The topological polar surface area (TPSA) is 53.2 Å². The molecule has 0 radical (unpaired) electrons. The van der Waals surface area contributed by atoms with Gasteiger partial charge in [-0.3, -0.25) is 4.79 Å². The van der Waals surface area contributed by atoms with Gasteiger partial charge in [-0.1, -0.05) is 82.8 Å². The molecule has 4 nitrogen and oxygen atoms in total. The highest BCUT2D eigenvalue weighted by atomic mass is 35.6. The Morgan fingerprint density at radius 1 is 1.07 bits per heavy atom. The first kappa shape index (κ1) is 22.8. The predicted octanol–water partition coefficient (Wildman–Crippen LogP) is 5.04. The maximum absolute atomic E-state index is 12.3. The lowest BCUT2D eigenvalue weighted by Gasteiger charge is -2.28. The molecule has 2 aromatic carbocycles. The Kier molecular flexibility index (Phi) is 8.38. The van der Waals surface area contributed by atoms with Gasteiger partial charge in [-0.05, 0) is 49.7 Å². The van der Waals surface area contributed by atoms with E-state index in [1.54, 1.807) is 0 Å². The molecule has 2 rings (SSSR count). The number of aryl methyl sites for hydroxylation is 3. The van der Waals surface area contributed by atoms with Gasteiger partial charge < -0.3 is 16.0 Å². The number of carbonyl (C=O) groups excluding carboxylic acids is 1. The SMILES string of the molecule is Cc1ccc(NC(=S)N[C@H](NC(=O)CCc2ccccc2)C(Cl)(Cl)Cl)c(C)c1. The molecule has 8 heteroatoms. The number of alkyl halides is 3. The molecule has 0 saturated carbocycles. The van der Waals surface area contributed by atoms with Gasteiger partial charge in [-0.15, -0.1) is 0 Å². The third-order valence-electron chi connectivity index (χ3n) is 4.02. The summed E-state index contributed by atoms with van der Waals surface area (Å²) in [6.45, 7) is 3.98. The smallest absolute Gasteiger partial charge is 0.228 e. The van der Waals surface area contributed by atoms with Crippen LogP contribution in [0.4, 0.5) is 5.69 Å². The van der Waals surface area contributed by atoms with Crippen molar-refractivity contribution in [3.05, 3.63) is 65.2 Å². The minimum absolute atomic E-state index is 0.242. The summed E-state index contributed by atoms with van der Waals surface area (Å²) in [6, 6.07) is 15.6. The van der Waals surface area contributed by atoms with Gasteiger partial charge in [0, 0.05) is 12.1 Å². The van der Waals surface area contributed by atoms with E-state index in [9.17, 15) is 4.79 Å². The fraction of sp³-hybridized carbons (Fsp3) is 0.300. The van der Waals surface area contributed by atoms with Crippen molar-refractivity contribution >= 4 is 63.7 Å². The second-order valence-corrected chi connectivity index (χ2v) is 9.22. The van der Waals surface area contributed by atoms with Crippen molar-refractivity contribution in [3.63, 3.8) is 0 Å². The van der Waals surface area contributed by atoms with E-state index in [0.29, 0.717) is 6.42 Å². The molecule has 0 saturated heterocycles. The molecule has 0 aliphatic heterocycles. The molecular weight excluding hydrogens is 437 g/mol. The second kappa shape index (κ2) is 10.3. The normalized spacial score (nSPS) is 12.2. The quantitative estimate of drug-likeness (QED) is 0.323. The molecule has 0 aromatic heterocycles. The van der Waals surface area contributed by atoms with E-state index < -0.39 is 9.96 Å². The molecule has 3 N–H and O–H groups in total. The lowest BCUT2D eigenvalue weighted by atomic mass is 10.1. The number of halogens is 3. The molecule has 0 fully saturated rings. The second-order valence-electron chi connectivity index (χ2n) is 6.44. The van der Waals surface area contributed by atoms with Gasteiger partial charge in [0.1, 0.15) is 6.17 Å². The first-order valence-corrected chi connectivity index (χ1v) is 10.2. The van der Waals surface area contributed by atoms with Crippen molar-refractivity contribution in [2.75, 3.05) is 5.32 Å². The first-order chi connectivity index (χ1) is 13.1. The van der Waals surface area contributed by atoms with Crippen LogP contribution in [0.3, 0.4) is 0 Å². The van der Waals surface area contributed by atoms with Crippen molar-refractivity contribution < 1.29 is 4.79 Å². The van der Waals surface area contributed by atoms with Gasteiger partial charge in [0.05, 0.1) is 0 Å². The van der Waals surface area contributed by atoms with Crippen LogP contribution >= 0.6 is 47.0 Å². The number of hydrogen-bond acceptors (Lipinski definition) is 2. The summed E-state index contributed by atoms with van der Waals surface area (Å²) in [5, 5.41) is 8.87. The molecule has 0 spiro atoms. The Bertz CT molecular complexity index is 825. The number of amides is 1. The maximum Gasteiger partial charge on any atom is 0.228 e. The average Bonchev–Trinajstić information content (AvgIpc) is 2.62. The Balaban J connectivity index is 1.95. The van der Waals surface area contributed by atoms with Crippen molar-refractivity contribution in [1.29, 1.82) is 0 Å². The van der Waals surface area contributed by atoms with Gasteiger partial charge in [-0.25, -0.2) is 0 Å². The molecule has 0 bridgehead atoms. The number of thiocarbonyl (C=S) groups is 1. The fourth-order valence-corrected chi connectivity index (χ4v) is 3.13. The van der Waals surface area contributed by atoms with Crippen LogP contribution in [0.1, 0.15) is 23.1 Å². The third-order valence-corrected chi connectivity index (χ3v) is 4.90. The Morgan fingerprint density at radius 2 is 1.75 bits per heavy atom. The molecule has 150 valence electrons. The third kappa shape index (κ3) is 7.47. The number of carbonyl (C=O) groups is 1. The lowest BCUT2D eigenvalue weighted by molar-refractivity contribution is -0.121. The minimum Gasteiger partial charge on any atom is -0.339 e. The van der Waals surface area contributed by atoms with Crippen LogP contribution in [0.5, 0.6) is 0 Å². The standard InChI is InChI=1S/C20H22Cl3N3OS/c1-13-8-10-16(14(2)12-13)24-19(28)26-18(20(21,22)23)25-17(27)11-9-15-6-4-3-5-7-15/h3-8,10,12,18H,9,11H2,1-2H3,(H,25,27)(H2,24,26,28)/t18-/m0/s1. The van der Waals surface area contributed by atoms with Crippen LogP contribution in [0, 0.1) is 13.8 Å². The predicted molar refractivity (Wildman–Crippen MR) is 122 cm³/mol. The van der Waals surface area contributed by atoms with Crippen LogP contribution in [-0.4, -0.2) is 21.0 Å². The zero-order valence-electron chi connectivity index (χ0n) is 15.6. The van der Waals surface area contributed by atoms with Gasteiger partial charge in [0.15, 0.2) is 5.11 Å². The van der Waals surface area contributed by atoms with Crippen molar-refractivity contribution in [2.24, 2.45) is 0 Å². The van der Waals surface area contributed by atoms with Crippen LogP contribution in [0.15, 0.2) is 48.5 Å². The summed E-state index contributed by atoms with van der Waals surface area (Å²) < 4.78 is -1.78. The number of anilines is 1. The number of hydrogen-bond donors (Lipinski definition) is 3. The molecule has 0 unspecified atom stereocenters. The molecule has 1 atom stereocenters. The molecule has 1 amide bonds.